The van der Waals surface area contributed by atoms with Gasteiger partial charge < -0.3 is 9.47 Å². The third-order valence-electron chi connectivity index (χ3n) is 2.14. The van der Waals surface area contributed by atoms with E-state index in [2.05, 4.69) is 28.8 Å². The highest BCUT2D eigenvalue weighted by molar-refractivity contribution is 6.20. The van der Waals surface area contributed by atoms with E-state index in [-0.39, 0.29) is 17.4 Å². The molecule has 0 radical (unpaired) electrons. The molecule has 17 heavy (non-hydrogen) atoms. The molecule has 96 valence electrons. The van der Waals surface area contributed by atoms with Crippen molar-refractivity contribution in [2.45, 2.75) is 32.1 Å². The van der Waals surface area contributed by atoms with Crippen LogP contribution in [0.15, 0.2) is 0 Å². The van der Waals surface area contributed by atoms with E-state index >= 15 is 0 Å². The first kappa shape index (κ1) is 14.0. The van der Waals surface area contributed by atoms with Crippen LogP contribution in [0.2, 0.25) is 0 Å². The predicted molar refractivity (Wildman–Crippen MR) is 65.7 cm³/mol. The van der Waals surface area contributed by atoms with Gasteiger partial charge in [0.15, 0.2) is 0 Å². The number of nitrogens with zero attached hydrogens (tertiary/aromatic N) is 3. The van der Waals surface area contributed by atoms with Gasteiger partial charge in [0.05, 0.1) is 14.2 Å². The van der Waals surface area contributed by atoms with E-state index in [9.17, 15) is 0 Å². The second-order valence-corrected chi connectivity index (χ2v) is 4.77. The van der Waals surface area contributed by atoms with Crippen molar-refractivity contribution in [3.8, 4) is 12.0 Å². The van der Waals surface area contributed by atoms with Crippen molar-refractivity contribution < 1.29 is 9.47 Å². The fourth-order valence-corrected chi connectivity index (χ4v) is 1.94. The summed E-state index contributed by atoms with van der Waals surface area (Å²) >= 11 is 6.22. The quantitative estimate of drug-likeness (QED) is 0.732. The van der Waals surface area contributed by atoms with Crippen LogP contribution in [0.5, 0.6) is 12.0 Å². The van der Waals surface area contributed by atoms with E-state index < -0.39 is 0 Å². The number of hydrogen-bond donors (Lipinski definition) is 0. The van der Waals surface area contributed by atoms with E-state index in [0.29, 0.717) is 18.2 Å². The van der Waals surface area contributed by atoms with Crippen LogP contribution >= 0.6 is 11.6 Å². The minimum Gasteiger partial charge on any atom is -0.467 e. The molecule has 0 aromatic carbocycles. The molecule has 5 nitrogen and oxygen atoms in total. The molecular weight excluding hydrogens is 242 g/mol. The number of ether oxygens (including phenoxy) is 2. The van der Waals surface area contributed by atoms with Gasteiger partial charge in [0.2, 0.25) is 0 Å². The highest BCUT2D eigenvalue weighted by atomic mass is 35.5. The molecule has 0 aliphatic rings. The number of aromatic nitrogens is 3. The molecule has 0 spiro atoms. The molecule has 0 saturated carbocycles. The van der Waals surface area contributed by atoms with Gasteiger partial charge in [-0.3, -0.25) is 0 Å². The molecule has 0 saturated heterocycles. The molecule has 1 aromatic rings. The maximum Gasteiger partial charge on any atom is 0.322 e. The molecule has 6 heteroatoms. The highest BCUT2D eigenvalue weighted by Gasteiger charge is 2.13. The summed E-state index contributed by atoms with van der Waals surface area (Å²) in [6, 6.07) is 0.500. The fraction of sp³-hybridized carbons (Fsp3) is 0.727. The van der Waals surface area contributed by atoms with Gasteiger partial charge in [0.25, 0.3) is 0 Å². The van der Waals surface area contributed by atoms with Crippen molar-refractivity contribution in [3.05, 3.63) is 5.82 Å². The summed E-state index contributed by atoms with van der Waals surface area (Å²) in [5, 5.41) is 0.00631. The average molecular weight is 260 g/mol. The molecule has 0 fully saturated rings. The smallest absolute Gasteiger partial charge is 0.322 e. The lowest BCUT2D eigenvalue weighted by atomic mass is 10.1. The van der Waals surface area contributed by atoms with Gasteiger partial charge in [-0.05, 0) is 12.3 Å². The first-order valence-electron chi connectivity index (χ1n) is 5.52. The molecule has 0 N–H and O–H groups in total. The monoisotopic (exact) mass is 259 g/mol. The summed E-state index contributed by atoms with van der Waals surface area (Å²) in [6.45, 7) is 4.26. The van der Waals surface area contributed by atoms with Crippen LogP contribution in [-0.4, -0.2) is 34.5 Å². The number of alkyl halides is 1. The average Bonchev–Trinajstić information content (AvgIpc) is 2.27. The number of methoxy groups -OCH3 is 2. The molecule has 0 aliphatic carbocycles. The predicted octanol–water partition coefficient (Wildman–Crippen LogP) is 2.08. The second kappa shape index (κ2) is 6.59. The van der Waals surface area contributed by atoms with Crippen molar-refractivity contribution in [2.75, 3.05) is 14.2 Å². The lowest BCUT2D eigenvalue weighted by Gasteiger charge is -2.11. The Kier molecular flexibility index (Phi) is 5.41. The number of rotatable bonds is 6. The van der Waals surface area contributed by atoms with E-state index in [0.717, 1.165) is 6.42 Å². The third kappa shape index (κ3) is 4.73. The maximum absolute atomic E-state index is 6.22. The second-order valence-electron chi connectivity index (χ2n) is 4.16. The Morgan fingerprint density at radius 3 is 2.00 bits per heavy atom. The van der Waals surface area contributed by atoms with Crippen molar-refractivity contribution in [2.24, 2.45) is 5.92 Å². The van der Waals surface area contributed by atoms with Crippen molar-refractivity contribution in [1.29, 1.82) is 0 Å². The van der Waals surface area contributed by atoms with Crippen LogP contribution in [0.1, 0.15) is 26.1 Å². The Hall–Kier alpha value is -1.10. The molecular formula is C11H18ClN3O2. The van der Waals surface area contributed by atoms with E-state index in [1.54, 1.807) is 0 Å². The molecule has 1 unspecified atom stereocenters. The van der Waals surface area contributed by atoms with Crippen LogP contribution in [0.4, 0.5) is 0 Å². The first-order valence-corrected chi connectivity index (χ1v) is 5.95. The van der Waals surface area contributed by atoms with Crippen molar-refractivity contribution in [1.82, 2.24) is 15.0 Å². The Bertz CT molecular complexity index is 338. The zero-order chi connectivity index (χ0) is 12.8. The number of hydrogen-bond acceptors (Lipinski definition) is 5. The topological polar surface area (TPSA) is 57.1 Å². The van der Waals surface area contributed by atoms with Gasteiger partial charge >= 0.3 is 12.0 Å². The zero-order valence-corrected chi connectivity index (χ0v) is 11.4. The summed E-state index contributed by atoms with van der Waals surface area (Å²) in [4.78, 5) is 12.2. The fourth-order valence-electron chi connectivity index (χ4n) is 1.44. The van der Waals surface area contributed by atoms with Gasteiger partial charge in [-0.15, -0.1) is 16.6 Å². The highest BCUT2D eigenvalue weighted by Crippen LogP contribution is 2.16. The summed E-state index contributed by atoms with van der Waals surface area (Å²) in [7, 11) is 3.01. The van der Waals surface area contributed by atoms with Crippen molar-refractivity contribution in [3.63, 3.8) is 0 Å². The maximum atomic E-state index is 6.22. The Morgan fingerprint density at radius 1 is 1.06 bits per heavy atom. The van der Waals surface area contributed by atoms with Crippen molar-refractivity contribution >= 4 is 11.6 Å². The van der Waals surface area contributed by atoms with Crippen LogP contribution < -0.4 is 9.47 Å². The summed E-state index contributed by atoms with van der Waals surface area (Å²) in [5.74, 6) is 1.14. The minimum atomic E-state index is 0.00631. The molecule has 0 bridgehead atoms. The van der Waals surface area contributed by atoms with E-state index in [1.165, 1.54) is 14.2 Å². The van der Waals surface area contributed by atoms with Crippen LogP contribution in [-0.2, 0) is 6.42 Å². The summed E-state index contributed by atoms with van der Waals surface area (Å²) in [6.07, 6.45) is 1.49. The van der Waals surface area contributed by atoms with E-state index in [4.69, 9.17) is 21.1 Å². The standard InChI is InChI=1S/C11H18ClN3O2/c1-7(2)5-8(12)6-9-13-10(16-3)15-11(14-9)17-4/h7-8H,5-6H2,1-4H3. The van der Waals surface area contributed by atoms with Crippen LogP contribution in [0, 0.1) is 5.92 Å². The van der Waals surface area contributed by atoms with E-state index in [1.807, 2.05) is 0 Å². The molecule has 1 aromatic heterocycles. The third-order valence-corrected chi connectivity index (χ3v) is 2.47. The largest absolute Gasteiger partial charge is 0.467 e. The molecule has 0 amide bonds. The van der Waals surface area contributed by atoms with Gasteiger partial charge in [-0.25, -0.2) is 0 Å². The SMILES string of the molecule is COc1nc(CC(Cl)CC(C)C)nc(OC)n1. The Labute approximate surface area is 107 Å². The number of halogens is 1. The van der Waals surface area contributed by atoms with Gasteiger partial charge in [0, 0.05) is 11.8 Å². The first-order chi connectivity index (χ1) is 8.05. The van der Waals surface area contributed by atoms with Gasteiger partial charge in [-0.1, -0.05) is 13.8 Å². The minimum absolute atomic E-state index is 0.00631. The normalized spacial score (nSPS) is 12.6. The molecule has 1 heterocycles. The Balaban J connectivity index is 2.75. The summed E-state index contributed by atoms with van der Waals surface area (Å²) in [5.41, 5.74) is 0. The lowest BCUT2D eigenvalue weighted by molar-refractivity contribution is 0.336. The lowest BCUT2D eigenvalue weighted by Crippen LogP contribution is -2.11. The molecule has 1 atom stereocenters. The molecule has 0 aliphatic heterocycles. The summed E-state index contributed by atoms with van der Waals surface area (Å²) < 4.78 is 9.95. The van der Waals surface area contributed by atoms with Gasteiger partial charge in [0.1, 0.15) is 5.82 Å². The molecule has 1 rings (SSSR count). The zero-order valence-electron chi connectivity index (χ0n) is 10.6. The van der Waals surface area contributed by atoms with Crippen LogP contribution in [0.25, 0.3) is 0 Å². The van der Waals surface area contributed by atoms with Crippen LogP contribution in [0.3, 0.4) is 0 Å². The Morgan fingerprint density at radius 2 is 1.59 bits per heavy atom. The van der Waals surface area contributed by atoms with Gasteiger partial charge in [-0.2, -0.15) is 9.97 Å².